The molecule has 1 fully saturated rings. The van der Waals surface area contributed by atoms with E-state index in [-0.39, 0.29) is 5.41 Å². The van der Waals surface area contributed by atoms with Crippen molar-refractivity contribution in [2.75, 3.05) is 7.11 Å². The molecule has 0 radical (unpaired) electrons. The molecule has 90 valence electrons. The summed E-state index contributed by atoms with van der Waals surface area (Å²) < 4.78 is 5.52. The Morgan fingerprint density at radius 2 is 2.31 bits per heavy atom. The van der Waals surface area contributed by atoms with Crippen LogP contribution >= 0.6 is 0 Å². The first-order valence-electron chi connectivity index (χ1n) is 5.81. The minimum absolute atomic E-state index is 0.203. The number of aromatic amines is 1. The first-order chi connectivity index (χ1) is 7.57. The van der Waals surface area contributed by atoms with E-state index in [0.29, 0.717) is 18.1 Å². The standard InChI is InChI=1S/C12H21N3O/c1-8-10(12(2,3)11(8)16-4)13-7-9-5-6-14-15-9/h5-6,8,10-11,13H,7H2,1-4H3,(H,14,15)/t8-,10+,11-/m1/s1. The second-order valence-corrected chi connectivity index (χ2v) is 5.28. The Morgan fingerprint density at radius 3 is 2.81 bits per heavy atom. The summed E-state index contributed by atoms with van der Waals surface area (Å²) in [5, 5.41) is 10.5. The molecule has 0 saturated heterocycles. The summed E-state index contributed by atoms with van der Waals surface area (Å²) >= 11 is 0. The molecule has 0 aromatic carbocycles. The molecule has 0 bridgehead atoms. The molecule has 3 atom stereocenters. The average Bonchev–Trinajstić information content (AvgIpc) is 2.70. The van der Waals surface area contributed by atoms with Crippen LogP contribution in [0.15, 0.2) is 12.3 Å². The highest BCUT2D eigenvalue weighted by atomic mass is 16.5. The van der Waals surface area contributed by atoms with Crippen LogP contribution in [0.2, 0.25) is 0 Å². The van der Waals surface area contributed by atoms with E-state index in [2.05, 4.69) is 36.3 Å². The van der Waals surface area contributed by atoms with Crippen molar-refractivity contribution in [2.45, 2.75) is 39.5 Å². The van der Waals surface area contributed by atoms with E-state index in [4.69, 9.17) is 4.74 Å². The van der Waals surface area contributed by atoms with E-state index >= 15 is 0 Å². The van der Waals surface area contributed by atoms with Gasteiger partial charge in [0.2, 0.25) is 0 Å². The Labute approximate surface area is 96.8 Å². The predicted octanol–water partition coefficient (Wildman–Crippen LogP) is 1.56. The van der Waals surface area contributed by atoms with Gasteiger partial charge < -0.3 is 10.1 Å². The molecule has 0 amide bonds. The van der Waals surface area contributed by atoms with Gasteiger partial charge >= 0.3 is 0 Å². The summed E-state index contributed by atoms with van der Waals surface area (Å²) in [5.41, 5.74) is 1.33. The zero-order chi connectivity index (χ0) is 11.8. The summed E-state index contributed by atoms with van der Waals surface area (Å²) in [5.74, 6) is 0.558. The molecule has 1 aliphatic carbocycles. The van der Waals surface area contributed by atoms with Crippen LogP contribution in [-0.2, 0) is 11.3 Å². The fourth-order valence-electron chi connectivity index (χ4n) is 3.16. The zero-order valence-corrected chi connectivity index (χ0v) is 10.4. The number of ether oxygens (including phenoxy) is 1. The van der Waals surface area contributed by atoms with E-state index in [1.54, 1.807) is 13.3 Å². The molecule has 1 saturated carbocycles. The number of methoxy groups -OCH3 is 1. The Bertz CT molecular complexity index is 334. The van der Waals surface area contributed by atoms with Crippen molar-refractivity contribution in [1.29, 1.82) is 0 Å². The SMILES string of the molecule is CO[C@@H]1[C@H](C)[C@H](NCc2ccn[nH]2)C1(C)C. The molecule has 1 heterocycles. The highest BCUT2D eigenvalue weighted by Crippen LogP contribution is 2.46. The van der Waals surface area contributed by atoms with Gasteiger partial charge in [-0.15, -0.1) is 0 Å². The van der Waals surface area contributed by atoms with Crippen molar-refractivity contribution in [2.24, 2.45) is 11.3 Å². The third-order valence-corrected chi connectivity index (χ3v) is 3.86. The fraction of sp³-hybridized carbons (Fsp3) is 0.750. The van der Waals surface area contributed by atoms with E-state index in [9.17, 15) is 0 Å². The van der Waals surface area contributed by atoms with Gasteiger partial charge in [-0.2, -0.15) is 5.10 Å². The maximum Gasteiger partial charge on any atom is 0.0677 e. The number of rotatable bonds is 4. The summed E-state index contributed by atoms with van der Waals surface area (Å²) in [6, 6.07) is 2.50. The minimum Gasteiger partial charge on any atom is -0.380 e. The molecule has 1 aromatic heterocycles. The van der Waals surface area contributed by atoms with Crippen molar-refractivity contribution in [3.8, 4) is 0 Å². The first-order valence-corrected chi connectivity index (χ1v) is 5.81. The quantitative estimate of drug-likeness (QED) is 0.814. The highest BCUT2D eigenvalue weighted by molar-refractivity contribution is 5.08. The van der Waals surface area contributed by atoms with E-state index < -0.39 is 0 Å². The molecule has 0 unspecified atom stereocenters. The number of H-pyrrole nitrogens is 1. The Hall–Kier alpha value is -0.870. The van der Waals surface area contributed by atoms with Gasteiger partial charge in [-0.1, -0.05) is 20.8 Å². The van der Waals surface area contributed by atoms with Crippen molar-refractivity contribution >= 4 is 0 Å². The number of nitrogens with one attached hydrogen (secondary N) is 2. The topological polar surface area (TPSA) is 49.9 Å². The van der Waals surface area contributed by atoms with Gasteiger partial charge in [0.15, 0.2) is 0 Å². The van der Waals surface area contributed by atoms with Crippen LogP contribution in [0.5, 0.6) is 0 Å². The normalized spacial score (nSPS) is 32.4. The Kier molecular flexibility index (Phi) is 3.04. The van der Waals surface area contributed by atoms with Crippen LogP contribution < -0.4 is 5.32 Å². The van der Waals surface area contributed by atoms with Gasteiger partial charge in [0.1, 0.15) is 0 Å². The third kappa shape index (κ3) is 1.76. The molecule has 0 spiro atoms. The molecular formula is C12H21N3O. The maximum absolute atomic E-state index is 5.52. The minimum atomic E-state index is 0.203. The van der Waals surface area contributed by atoms with E-state index in [0.717, 1.165) is 12.2 Å². The summed E-state index contributed by atoms with van der Waals surface area (Å²) in [6.45, 7) is 7.59. The van der Waals surface area contributed by atoms with Crippen molar-refractivity contribution < 1.29 is 4.74 Å². The van der Waals surface area contributed by atoms with Gasteiger partial charge in [-0.05, 0) is 12.0 Å². The molecule has 1 aromatic rings. The fourth-order valence-corrected chi connectivity index (χ4v) is 3.16. The van der Waals surface area contributed by atoms with Crippen molar-refractivity contribution in [3.05, 3.63) is 18.0 Å². The molecule has 2 N–H and O–H groups in total. The van der Waals surface area contributed by atoms with Gasteiger partial charge in [0.25, 0.3) is 0 Å². The number of nitrogens with zero attached hydrogens (tertiary/aromatic N) is 1. The largest absolute Gasteiger partial charge is 0.380 e. The second kappa shape index (κ2) is 4.18. The summed E-state index contributed by atoms with van der Waals surface area (Å²) in [4.78, 5) is 0. The second-order valence-electron chi connectivity index (χ2n) is 5.28. The molecule has 2 rings (SSSR count). The van der Waals surface area contributed by atoms with Crippen molar-refractivity contribution in [1.82, 2.24) is 15.5 Å². The molecular weight excluding hydrogens is 202 g/mol. The van der Waals surface area contributed by atoms with Gasteiger partial charge in [0.05, 0.1) is 6.10 Å². The summed E-state index contributed by atoms with van der Waals surface area (Å²) in [7, 11) is 1.80. The van der Waals surface area contributed by atoms with Gasteiger partial charge in [-0.3, -0.25) is 5.10 Å². The van der Waals surface area contributed by atoms with Crippen LogP contribution in [-0.4, -0.2) is 29.5 Å². The molecule has 4 nitrogen and oxygen atoms in total. The average molecular weight is 223 g/mol. The number of aromatic nitrogens is 2. The molecule has 4 heteroatoms. The third-order valence-electron chi connectivity index (χ3n) is 3.86. The zero-order valence-electron chi connectivity index (χ0n) is 10.4. The van der Waals surface area contributed by atoms with Crippen LogP contribution in [0.1, 0.15) is 26.5 Å². The molecule has 16 heavy (non-hydrogen) atoms. The lowest BCUT2D eigenvalue weighted by Crippen LogP contribution is -2.66. The maximum atomic E-state index is 5.52. The lowest BCUT2D eigenvalue weighted by Gasteiger charge is -2.56. The van der Waals surface area contributed by atoms with Gasteiger partial charge in [-0.25, -0.2) is 0 Å². The van der Waals surface area contributed by atoms with Gasteiger partial charge in [0, 0.05) is 37.0 Å². The van der Waals surface area contributed by atoms with Crippen LogP contribution in [0.3, 0.4) is 0 Å². The molecule has 1 aliphatic rings. The molecule has 0 aliphatic heterocycles. The van der Waals surface area contributed by atoms with E-state index in [1.165, 1.54) is 0 Å². The summed E-state index contributed by atoms with van der Waals surface area (Å²) in [6.07, 6.45) is 2.14. The lowest BCUT2D eigenvalue weighted by molar-refractivity contribution is -0.145. The van der Waals surface area contributed by atoms with Crippen molar-refractivity contribution in [3.63, 3.8) is 0 Å². The van der Waals surface area contributed by atoms with E-state index in [1.807, 2.05) is 6.07 Å². The highest BCUT2D eigenvalue weighted by Gasteiger charge is 2.54. The Morgan fingerprint density at radius 1 is 1.56 bits per heavy atom. The smallest absolute Gasteiger partial charge is 0.0677 e. The number of hydrogen-bond acceptors (Lipinski definition) is 3. The van der Waals surface area contributed by atoms with Crippen LogP contribution in [0.4, 0.5) is 0 Å². The number of hydrogen-bond donors (Lipinski definition) is 2. The Balaban J connectivity index is 1.91. The van der Waals surface area contributed by atoms with Crippen LogP contribution in [0, 0.1) is 11.3 Å². The lowest BCUT2D eigenvalue weighted by atomic mass is 9.58. The first kappa shape index (κ1) is 11.6. The predicted molar refractivity (Wildman–Crippen MR) is 63.0 cm³/mol. The van der Waals surface area contributed by atoms with Crippen LogP contribution in [0.25, 0.3) is 0 Å². The monoisotopic (exact) mass is 223 g/mol.